The van der Waals surface area contributed by atoms with Crippen LogP contribution < -0.4 is 0 Å². The lowest BCUT2D eigenvalue weighted by atomic mass is 10.5. The van der Waals surface area contributed by atoms with Gasteiger partial charge in [0.25, 0.3) is 0 Å². The monoisotopic (exact) mass is 223 g/mol. The molecule has 0 aliphatic carbocycles. The minimum Gasteiger partial charge on any atom is -0.148 e. The first-order valence-electron chi connectivity index (χ1n) is 1.85. The molecule has 0 bridgehead atoms. The summed E-state index contributed by atoms with van der Waals surface area (Å²) >= 11 is 3.95. The molecule has 0 nitrogen and oxygen atoms in total. The van der Waals surface area contributed by atoms with Gasteiger partial charge in [-0.15, -0.1) is 11.3 Å². The molecule has 1 heterocycles. The number of halogens is 1. The van der Waals surface area contributed by atoms with Gasteiger partial charge in [-0.25, -0.2) is 0 Å². The summed E-state index contributed by atoms with van der Waals surface area (Å²) in [5, 5.41) is 2.05. The fourth-order valence-corrected chi connectivity index (χ4v) is 1.68. The van der Waals surface area contributed by atoms with E-state index in [-0.39, 0.29) is 0 Å². The van der Waals surface area contributed by atoms with Crippen LogP contribution >= 0.6 is 33.9 Å². The molecule has 0 amide bonds. The molecule has 0 N–H and O–H groups in total. The van der Waals surface area contributed by atoms with Crippen LogP contribution in [0.25, 0.3) is 0 Å². The Labute approximate surface area is 60.7 Å². The first-order chi connectivity index (χ1) is 3.30. The molecule has 0 aromatic carbocycles. The first-order valence-corrected chi connectivity index (χ1v) is 3.81. The van der Waals surface area contributed by atoms with Crippen LogP contribution in [0, 0.1) is 10.5 Å². The zero-order chi connectivity index (χ0) is 5.28. The van der Waals surface area contributed by atoms with Gasteiger partial charge in [0.1, 0.15) is 0 Å². The largest absolute Gasteiger partial charge is 0.148 e. The van der Waals surface area contributed by atoms with Crippen LogP contribution in [0.15, 0.2) is 11.4 Å². The van der Waals surface area contributed by atoms with E-state index in [0.717, 1.165) is 0 Å². The van der Waals surface area contributed by atoms with Crippen LogP contribution in [0.2, 0.25) is 0 Å². The van der Waals surface area contributed by atoms with E-state index in [2.05, 4.69) is 35.6 Å². The Bertz CT molecular complexity index is 140. The molecule has 0 aliphatic rings. The highest BCUT2D eigenvalue weighted by molar-refractivity contribution is 14.1. The third-order valence-corrected chi connectivity index (χ3v) is 2.84. The molecule has 0 aliphatic heterocycles. The van der Waals surface area contributed by atoms with E-state index < -0.39 is 0 Å². The summed E-state index contributed by atoms with van der Waals surface area (Å²) in [4.78, 5) is 1.17. The van der Waals surface area contributed by atoms with Gasteiger partial charge in [0.2, 0.25) is 0 Å². The molecular formula is C5H4IS. The maximum Gasteiger partial charge on any atom is 0.0269 e. The van der Waals surface area contributed by atoms with Crippen LogP contribution in [-0.4, -0.2) is 0 Å². The fraction of sp³-hybridized carbons (Fsp3) is 0. The lowest BCUT2D eigenvalue weighted by molar-refractivity contribution is 1.78. The molecule has 1 rings (SSSR count). The number of hydrogen-bond donors (Lipinski definition) is 0. The van der Waals surface area contributed by atoms with Gasteiger partial charge in [0.05, 0.1) is 0 Å². The van der Waals surface area contributed by atoms with Crippen molar-refractivity contribution in [2.45, 2.75) is 0 Å². The summed E-state index contributed by atoms with van der Waals surface area (Å²) < 4.78 is 1.27. The van der Waals surface area contributed by atoms with Crippen molar-refractivity contribution in [3.8, 4) is 0 Å². The van der Waals surface area contributed by atoms with Crippen LogP contribution in [0.1, 0.15) is 4.88 Å². The van der Waals surface area contributed by atoms with Crippen molar-refractivity contribution in [1.29, 1.82) is 0 Å². The Kier molecular flexibility index (Phi) is 1.69. The van der Waals surface area contributed by atoms with E-state index in [1.165, 1.54) is 8.45 Å². The lowest BCUT2D eigenvalue weighted by Gasteiger charge is -1.77. The standard InChI is InChI=1S/C5H4IS/c1-4-5(6)2-3-7-4/h2-3H,1H2. The SMILES string of the molecule is [CH2]c1sccc1I. The zero-order valence-electron chi connectivity index (χ0n) is 3.65. The predicted octanol–water partition coefficient (Wildman–Crippen LogP) is 2.53. The molecular weight excluding hydrogens is 219 g/mol. The number of hydrogen-bond acceptors (Lipinski definition) is 1. The Morgan fingerprint density at radius 3 is 2.57 bits per heavy atom. The van der Waals surface area contributed by atoms with Gasteiger partial charge in [-0.05, 0) is 41.0 Å². The molecule has 0 saturated heterocycles. The first kappa shape index (κ1) is 5.56. The van der Waals surface area contributed by atoms with Crippen molar-refractivity contribution in [2.75, 3.05) is 0 Å². The van der Waals surface area contributed by atoms with Crippen molar-refractivity contribution in [3.05, 3.63) is 26.8 Å². The highest BCUT2D eigenvalue weighted by Crippen LogP contribution is 2.15. The van der Waals surface area contributed by atoms with E-state index in [4.69, 9.17) is 0 Å². The van der Waals surface area contributed by atoms with Crippen molar-refractivity contribution in [1.82, 2.24) is 0 Å². The maximum absolute atomic E-state index is 3.79. The molecule has 1 radical (unpaired) electrons. The third kappa shape index (κ3) is 1.16. The molecule has 7 heavy (non-hydrogen) atoms. The molecule has 2 heteroatoms. The van der Waals surface area contributed by atoms with E-state index in [1.807, 2.05) is 5.38 Å². The maximum atomic E-state index is 3.79. The molecule has 0 spiro atoms. The molecule has 0 saturated carbocycles. The summed E-state index contributed by atoms with van der Waals surface area (Å²) in [6.07, 6.45) is 0. The minimum absolute atomic E-state index is 1.17. The van der Waals surface area contributed by atoms with Crippen molar-refractivity contribution >= 4 is 33.9 Å². The molecule has 1 aromatic heterocycles. The van der Waals surface area contributed by atoms with Crippen LogP contribution in [-0.2, 0) is 0 Å². The van der Waals surface area contributed by atoms with Gasteiger partial charge in [-0.1, -0.05) is 0 Å². The zero-order valence-corrected chi connectivity index (χ0v) is 6.62. The smallest absolute Gasteiger partial charge is 0.0269 e. The normalized spacial score (nSPS) is 9.43. The minimum atomic E-state index is 1.17. The van der Waals surface area contributed by atoms with Gasteiger partial charge in [-0.3, -0.25) is 0 Å². The molecule has 0 fully saturated rings. The van der Waals surface area contributed by atoms with Crippen LogP contribution in [0.5, 0.6) is 0 Å². The van der Waals surface area contributed by atoms with Gasteiger partial charge in [0, 0.05) is 8.45 Å². The molecule has 0 atom stereocenters. The second kappa shape index (κ2) is 2.13. The van der Waals surface area contributed by atoms with Gasteiger partial charge < -0.3 is 0 Å². The van der Waals surface area contributed by atoms with Crippen LogP contribution in [0.3, 0.4) is 0 Å². The van der Waals surface area contributed by atoms with Gasteiger partial charge in [0.15, 0.2) is 0 Å². The lowest BCUT2D eigenvalue weighted by Crippen LogP contribution is -1.59. The summed E-state index contributed by atoms with van der Waals surface area (Å²) in [6.45, 7) is 3.79. The van der Waals surface area contributed by atoms with E-state index in [1.54, 1.807) is 11.3 Å². The average molecular weight is 223 g/mol. The van der Waals surface area contributed by atoms with E-state index in [0.29, 0.717) is 0 Å². The number of rotatable bonds is 0. The molecule has 37 valence electrons. The Morgan fingerprint density at radius 1 is 1.71 bits per heavy atom. The van der Waals surface area contributed by atoms with E-state index >= 15 is 0 Å². The molecule has 0 unspecified atom stereocenters. The Hall–Kier alpha value is 0.430. The summed E-state index contributed by atoms with van der Waals surface area (Å²) in [6, 6.07) is 2.06. The highest BCUT2D eigenvalue weighted by Gasteiger charge is 1.89. The van der Waals surface area contributed by atoms with Gasteiger partial charge in [-0.2, -0.15) is 0 Å². The van der Waals surface area contributed by atoms with Crippen molar-refractivity contribution in [3.63, 3.8) is 0 Å². The summed E-state index contributed by atoms with van der Waals surface area (Å²) in [5.41, 5.74) is 0. The van der Waals surface area contributed by atoms with E-state index in [9.17, 15) is 0 Å². The second-order valence-electron chi connectivity index (χ2n) is 1.19. The summed E-state index contributed by atoms with van der Waals surface area (Å²) in [7, 11) is 0. The Morgan fingerprint density at radius 2 is 2.43 bits per heavy atom. The van der Waals surface area contributed by atoms with Crippen LogP contribution in [0.4, 0.5) is 0 Å². The second-order valence-corrected chi connectivity index (χ2v) is 3.35. The predicted molar refractivity (Wildman–Crippen MR) is 41.5 cm³/mol. The fourth-order valence-electron chi connectivity index (χ4n) is 0.325. The third-order valence-electron chi connectivity index (χ3n) is 0.691. The number of thiophene rings is 1. The van der Waals surface area contributed by atoms with Crippen molar-refractivity contribution < 1.29 is 0 Å². The Balaban J connectivity index is 3.12. The highest BCUT2D eigenvalue weighted by atomic mass is 127. The topological polar surface area (TPSA) is 0 Å². The van der Waals surface area contributed by atoms with Crippen molar-refractivity contribution in [2.24, 2.45) is 0 Å². The quantitative estimate of drug-likeness (QED) is 0.593. The summed E-state index contributed by atoms with van der Waals surface area (Å²) in [5.74, 6) is 0. The average Bonchev–Trinajstić information content (AvgIpc) is 1.91. The molecule has 1 aromatic rings. The van der Waals surface area contributed by atoms with Gasteiger partial charge >= 0.3 is 0 Å².